The van der Waals surface area contributed by atoms with Crippen molar-refractivity contribution in [2.24, 2.45) is 0 Å². The molecule has 0 spiro atoms. The Hall–Kier alpha value is -1.57. The number of nitrogens with zero attached hydrogens (tertiary/aromatic N) is 1. The molecule has 0 radical (unpaired) electrons. The summed E-state index contributed by atoms with van der Waals surface area (Å²) in [6.45, 7) is 7.25. The number of aryl methyl sites for hydroxylation is 2. The zero-order chi connectivity index (χ0) is 15.5. The first kappa shape index (κ1) is 17.5. The molecule has 0 heterocycles. The van der Waals surface area contributed by atoms with Crippen LogP contribution in [-0.2, 0) is 11.3 Å². The van der Waals surface area contributed by atoms with Crippen LogP contribution in [0.5, 0.6) is 5.75 Å². The number of unbranched alkanes of at least 4 members (excludes halogenated alkanes) is 2. The topological polar surface area (TPSA) is 54.3 Å². The number of benzene rings is 1. The van der Waals surface area contributed by atoms with Crippen LogP contribution in [0.25, 0.3) is 0 Å². The van der Waals surface area contributed by atoms with Crippen molar-refractivity contribution in [3.8, 4) is 11.8 Å². The van der Waals surface area contributed by atoms with Gasteiger partial charge in [0.1, 0.15) is 5.75 Å². The lowest BCUT2D eigenvalue weighted by atomic mass is 10.1. The fraction of sp³-hybridized carbons (Fsp3) is 0.588. The third-order valence-corrected chi connectivity index (χ3v) is 3.26. The molecular formula is C17H26N2O2. The highest BCUT2D eigenvalue weighted by Crippen LogP contribution is 2.25. The van der Waals surface area contributed by atoms with Crippen LogP contribution in [0.15, 0.2) is 12.1 Å². The van der Waals surface area contributed by atoms with Gasteiger partial charge < -0.3 is 14.8 Å². The van der Waals surface area contributed by atoms with Crippen molar-refractivity contribution < 1.29 is 9.47 Å². The minimum absolute atomic E-state index is 0.605. The van der Waals surface area contributed by atoms with E-state index < -0.39 is 0 Å². The van der Waals surface area contributed by atoms with Crippen LogP contribution >= 0.6 is 0 Å². The minimum atomic E-state index is 0.605. The highest BCUT2D eigenvalue weighted by molar-refractivity contribution is 5.43. The van der Waals surface area contributed by atoms with Gasteiger partial charge in [0.2, 0.25) is 0 Å². The lowest BCUT2D eigenvalue weighted by Crippen LogP contribution is -2.18. The van der Waals surface area contributed by atoms with Gasteiger partial charge in [-0.25, -0.2) is 0 Å². The molecule has 4 nitrogen and oxygen atoms in total. The summed E-state index contributed by atoms with van der Waals surface area (Å²) in [6, 6.07) is 6.48. The van der Waals surface area contributed by atoms with Gasteiger partial charge in [-0.15, -0.1) is 0 Å². The molecule has 0 aliphatic rings. The molecule has 4 heteroatoms. The van der Waals surface area contributed by atoms with Crippen LogP contribution in [0, 0.1) is 25.2 Å². The molecule has 1 aromatic rings. The first-order chi connectivity index (χ1) is 10.2. The smallest absolute Gasteiger partial charge is 0.125 e. The maximum atomic E-state index is 8.50. The van der Waals surface area contributed by atoms with Gasteiger partial charge in [0.05, 0.1) is 19.3 Å². The molecule has 0 saturated heterocycles. The SMILES string of the molecule is COCCNCc1cc(C)c(OCCCCC#N)c(C)c1. The number of ether oxygens (including phenoxy) is 2. The number of nitriles is 1. The van der Waals surface area contributed by atoms with Gasteiger partial charge in [-0.3, -0.25) is 0 Å². The third kappa shape index (κ3) is 6.61. The summed E-state index contributed by atoms with van der Waals surface area (Å²) in [5.41, 5.74) is 3.59. The van der Waals surface area contributed by atoms with E-state index in [1.165, 1.54) is 16.7 Å². The summed E-state index contributed by atoms with van der Waals surface area (Å²) >= 11 is 0. The number of nitrogens with one attached hydrogen (secondary N) is 1. The van der Waals surface area contributed by atoms with Gasteiger partial charge >= 0.3 is 0 Å². The van der Waals surface area contributed by atoms with Crippen LogP contribution in [0.1, 0.15) is 36.0 Å². The molecule has 116 valence electrons. The predicted molar refractivity (Wildman–Crippen MR) is 84.5 cm³/mol. The van der Waals surface area contributed by atoms with Crippen LogP contribution in [-0.4, -0.2) is 26.9 Å². The summed E-state index contributed by atoms with van der Waals surface area (Å²) in [4.78, 5) is 0. The Morgan fingerprint density at radius 1 is 1.14 bits per heavy atom. The summed E-state index contributed by atoms with van der Waals surface area (Å²) in [5, 5.41) is 11.8. The summed E-state index contributed by atoms with van der Waals surface area (Å²) in [5.74, 6) is 0.979. The van der Waals surface area contributed by atoms with Crippen LogP contribution in [0.3, 0.4) is 0 Å². The number of rotatable bonds is 10. The van der Waals surface area contributed by atoms with E-state index in [0.717, 1.165) is 38.3 Å². The average molecular weight is 290 g/mol. The van der Waals surface area contributed by atoms with Gasteiger partial charge in [-0.2, -0.15) is 5.26 Å². The lowest BCUT2D eigenvalue weighted by molar-refractivity contribution is 0.199. The van der Waals surface area contributed by atoms with Crippen molar-refractivity contribution in [3.05, 3.63) is 28.8 Å². The zero-order valence-electron chi connectivity index (χ0n) is 13.4. The second-order valence-corrected chi connectivity index (χ2v) is 5.19. The van der Waals surface area contributed by atoms with Crippen LogP contribution in [0.4, 0.5) is 0 Å². The van der Waals surface area contributed by atoms with E-state index in [2.05, 4.69) is 37.4 Å². The quantitative estimate of drug-likeness (QED) is 0.673. The number of hydrogen-bond acceptors (Lipinski definition) is 4. The van der Waals surface area contributed by atoms with Crippen LogP contribution in [0.2, 0.25) is 0 Å². The van der Waals surface area contributed by atoms with Crippen LogP contribution < -0.4 is 10.1 Å². The van der Waals surface area contributed by atoms with Crippen molar-refractivity contribution in [1.82, 2.24) is 5.32 Å². The van der Waals surface area contributed by atoms with Crippen molar-refractivity contribution >= 4 is 0 Å². The summed E-state index contributed by atoms with van der Waals surface area (Å²) < 4.78 is 10.9. The highest BCUT2D eigenvalue weighted by Gasteiger charge is 2.06. The normalized spacial score (nSPS) is 10.4. The molecular weight excluding hydrogens is 264 g/mol. The second-order valence-electron chi connectivity index (χ2n) is 5.19. The van der Waals surface area contributed by atoms with Gasteiger partial charge in [0.15, 0.2) is 0 Å². The molecule has 1 N–H and O–H groups in total. The van der Waals surface area contributed by atoms with E-state index in [1.54, 1.807) is 7.11 Å². The predicted octanol–water partition coefficient (Wildman–Crippen LogP) is 3.11. The Kier molecular flexibility index (Phi) is 8.49. The maximum absolute atomic E-state index is 8.50. The van der Waals surface area contributed by atoms with E-state index in [9.17, 15) is 0 Å². The molecule has 0 amide bonds. The maximum Gasteiger partial charge on any atom is 0.125 e. The molecule has 1 rings (SSSR count). The molecule has 0 saturated carbocycles. The molecule has 0 aliphatic heterocycles. The zero-order valence-corrected chi connectivity index (χ0v) is 13.4. The molecule has 0 aliphatic carbocycles. The molecule has 0 aromatic heterocycles. The Labute approximate surface area is 128 Å². The lowest BCUT2D eigenvalue weighted by Gasteiger charge is -2.14. The van der Waals surface area contributed by atoms with Gasteiger partial charge in [-0.05, 0) is 43.4 Å². The van der Waals surface area contributed by atoms with Crippen molar-refractivity contribution in [1.29, 1.82) is 5.26 Å². The molecule has 0 unspecified atom stereocenters. The van der Waals surface area contributed by atoms with Gasteiger partial charge in [0, 0.05) is 26.6 Å². The Morgan fingerprint density at radius 2 is 1.86 bits per heavy atom. The van der Waals surface area contributed by atoms with E-state index >= 15 is 0 Å². The molecule has 0 bridgehead atoms. The number of hydrogen-bond donors (Lipinski definition) is 1. The summed E-state index contributed by atoms with van der Waals surface area (Å²) in [6.07, 6.45) is 2.43. The summed E-state index contributed by atoms with van der Waals surface area (Å²) in [7, 11) is 1.71. The Balaban J connectivity index is 2.49. The fourth-order valence-electron chi connectivity index (χ4n) is 2.26. The molecule has 0 atom stereocenters. The van der Waals surface area contributed by atoms with Crippen molar-refractivity contribution in [2.45, 2.75) is 39.7 Å². The third-order valence-electron chi connectivity index (χ3n) is 3.26. The monoisotopic (exact) mass is 290 g/mol. The minimum Gasteiger partial charge on any atom is -0.493 e. The van der Waals surface area contributed by atoms with Crippen molar-refractivity contribution in [3.63, 3.8) is 0 Å². The van der Waals surface area contributed by atoms with Gasteiger partial charge in [0.25, 0.3) is 0 Å². The molecule has 21 heavy (non-hydrogen) atoms. The average Bonchev–Trinajstić information content (AvgIpc) is 2.46. The molecule has 1 aromatic carbocycles. The largest absolute Gasteiger partial charge is 0.493 e. The second kappa shape index (κ2) is 10.2. The standard InChI is InChI=1S/C17H26N2O2/c1-14-11-16(13-19-8-10-20-3)12-15(2)17(14)21-9-6-4-5-7-18/h11-12,19H,4-6,8-10,13H2,1-3H3. The first-order valence-electron chi connectivity index (χ1n) is 7.48. The fourth-order valence-corrected chi connectivity index (χ4v) is 2.26. The van der Waals surface area contributed by atoms with E-state index in [4.69, 9.17) is 14.7 Å². The number of methoxy groups -OCH3 is 1. The van der Waals surface area contributed by atoms with Crippen molar-refractivity contribution in [2.75, 3.05) is 26.9 Å². The molecule has 0 fully saturated rings. The van der Waals surface area contributed by atoms with E-state index in [1.807, 2.05) is 0 Å². The van der Waals surface area contributed by atoms with E-state index in [-0.39, 0.29) is 0 Å². The van der Waals surface area contributed by atoms with E-state index in [0.29, 0.717) is 13.0 Å². The first-order valence-corrected chi connectivity index (χ1v) is 7.48. The Bertz CT molecular complexity index is 443. The highest BCUT2D eigenvalue weighted by atomic mass is 16.5. The van der Waals surface area contributed by atoms with Gasteiger partial charge in [-0.1, -0.05) is 12.1 Å². The Morgan fingerprint density at radius 3 is 2.48 bits per heavy atom.